The van der Waals surface area contributed by atoms with Crippen LogP contribution in [0.3, 0.4) is 0 Å². The summed E-state index contributed by atoms with van der Waals surface area (Å²) >= 11 is 0. The topological polar surface area (TPSA) is 86.5 Å². The number of carboxylic acid groups (broad SMARTS) is 1. The Balaban J connectivity index is 0.000000318. The summed E-state index contributed by atoms with van der Waals surface area (Å²) in [5.41, 5.74) is 0.632. The number of hydrogen-bond acceptors (Lipinski definition) is 6. The number of halogens is 3. The molecule has 0 spiro atoms. The number of hydrogen-bond donors (Lipinski definition) is 1. The Morgan fingerprint density at radius 1 is 1.13 bits per heavy atom. The fourth-order valence-electron chi connectivity index (χ4n) is 4.05. The number of carbonyl (C=O) groups excluding carboxylic acids is 1. The molecule has 3 saturated heterocycles. The van der Waals surface area contributed by atoms with Gasteiger partial charge in [0.25, 0.3) is 5.91 Å². The molecular formula is C19H26F3N3O5. The maximum atomic E-state index is 12.5. The summed E-state index contributed by atoms with van der Waals surface area (Å²) in [6.45, 7) is 7.89. The molecule has 1 amide bonds. The number of ether oxygens (including phenoxy) is 1. The van der Waals surface area contributed by atoms with Gasteiger partial charge in [0.05, 0.1) is 30.6 Å². The van der Waals surface area contributed by atoms with Crippen LogP contribution in [0.15, 0.2) is 23.0 Å². The van der Waals surface area contributed by atoms with Crippen LogP contribution in [0.4, 0.5) is 13.2 Å². The Morgan fingerprint density at radius 3 is 2.43 bits per heavy atom. The minimum Gasteiger partial charge on any atom is -0.475 e. The van der Waals surface area contributed by atoms with Gasteiger partial charge in [0.2, 0.25) is 0 Å². The van der Waals surface area contributed by atoms with Crippen LogP contribution in [0.25, 0.3) is 0 Å². The molecule has 1 aromatic rings. The molecular weight excluding hydrogens is 407 g/mol. The summed E-state index contributed by atoms with van der Waals surface area (Å²) in [5, 5.41) is 7.12. The second-order valence-corrected chi connectivity index (χ2v) is 7.59. The lowest BCUT2D eigenvalue weighted by Crippen LogP contribution is -2.52. The molecule has 0 unspecified atom stereocenters. The summed E-state index contributed by atoms with van der Waals surface area (Å²) < 4.78 is 42.7. The molecule has 3 aliphatic heterocycles. The number of amides is 1. The van der Waals surface area contributed by atoms with Gasteiger partial charge in [-0.25, -0.2) is 4.79 Å². The van der Waals surface area contributed by atoms with Crippen molar-refractivity contribution < 1.29 is 37.0 Å². The van der Waals surface area contributed by atoms with Crippen LogP contribution < -0.4 is 0 Å². The first-order valence-electron chi connectivity index (χ1n) is 9.95. The lowest BCUT2D eigenvalue weighted by Gasteiger charge is -2.37. The number of furan rings is 1. The third-order valence-electron chi connectivity index (χ3n) is 5.62. The van der Waals surface area contributed by atoms with E-state index in [0.29, 0.717) is 18.2 Å². The molecule has 0 aliphatic carbocycles. The van der Waals surface area contributed by atoms with Crippen LogP contribution in [-0.4, -0.2) is 102 Å². The first kappa shape index (κ1) is 22.6. The predicted molar refractivity (Wildman–Crippen MR) is 99.1 cm³/mol. The largest absolute Gasteiger partial charge is 0.490 e. The SMILES string of the molecule is O=C(O)C(F)(F)F.O=C(c1ccoc1)N1C[C@@H]2OCCN(CCN3CCCC3)[C@@H]2C1. The first-order valence-corrected chi connectivity index (χ1v) is 9.95. The Kier molecular flexibility index (Phi) is 7.37. The number of carboxylic acids is 1. The number of morpholine rings is 1. The summed E-state index contributed by atoms with van der Waals surface area (Å²) in [6, 6.07) is 2.07. The normalized spacial score (nSPS) is 25.0. The Bertz CT molecular complexity index is 707. The van der Waals surface area contributed by atoms with E-state index >= 15 is 0 Å². The maximum absolute atomic E-state index is 12.5. The summed E-state index contributed by atoms with van der Waals surface area (Å²) in [6.07, 6.45) is 0.814. The predicted octanol–water partition coefficient (Wildman–Crippen LogP) is 1.53. The lowest BCUT2D eigenvalue weighted by molar-refractivity contribution is -0.192. The highest BCUT2D eigenvalue weighted by Gasteiger charge is 2.42. The van der Waals surface area contributed by atoms with E-state index in [-0.39, 0.29) is 12.0 Å². The molecule has 2 atom stereocenters. The molecule has 11 heteroatoms. The van der Waals surface area contributed by atoms with E-state index in [1.165, 1.54) is 32.2 Å². The fourth-order valence-corrected chi connectivity index (χ4v) is 4.05. The van der Waals surface area contributed by atoms with Gasteiger partial charge in [-0.2, -0.15) is 13.2 Å². The molecule has 168 valence electrons. The van der Waals surface area contributed by atoms with Crippen molar-refractivity contribution in [3.8, 4) is 0 Å². The highest BCUT2D eigenvalue weighted by atomic mass is 19.4. The molecule has 0 saturated carbocycles. The maximum Gasteiger partial charge on any atom is 0.490 e. The van der Waals surface area contributed by atoms with Crippen molar-refractivity contribution in [1.82, 2.24) is 14.7 Å². The van der Waals surface area contributed by atoms with E-state index in [0.717, 1.165) is 32.8 Å². The Morgan fingerprint density at radius 2 is 1.83 bits per heavy atom. The summed E-state index contributed by atoms with van der Waals surface area (Å²) in [7, 11) is 0. The zero-order chi connectivity index (χ0) is 21.7. The van der Waals surface area contributed by atoms with Gasteiger partial charge in [0.15, 0.2) is 0 Å². The minimum atomic E-state index is -5.08. The van der Waals surface area contributed by atoms with Crippen molar-refractivity contribution in [2.45, 2.75) is 31.2 Å². The Hall–Kier alpha value is -2.11. The van der Waals surface area contributed by atoms with Gasteiger partial charge in [-0.05, 0) is 32.0 Å². The van der Waals surface area contributed by atoms with Crippen molar-refractivity contribution in [3.63, 3.8) is 0 Å². The first-order chi connectivity index (χ1) is 14.3. The van der Waals surface area contributed by atoms with E-state index in [2.05, 4.69) is 9.80 Å². The van der Waals surface area contributed by atoms with E-state index < -0.39 is 12.1 Å². The molecule has 3 aliphatic rings. The number of rotatable bonds is 4. The van der Waals surface area contributed by atoms with Gasteiger partial charge in [-0.3, -0.25) is 9.69 Å². The second kappa shape index (κ2) is 9.80. The van der Waals surface area contributed by atoms with Gasteiger partial charge < -0.3 is 24.1 Å². The third kappa shape index (κ3) is 5.73. The smallest absolute Gasteiger partial charge is 0.475 e. The van der Waals surface area contributed by atoms with Crippen molar-refractivity contribution in [1.29, 1.82) is 0 Å². The van der Waals surface area contributed by atoms with Crippen LogP contribution >= 0.6 is 0 Å². The highest BCUT2D eigenvalue weighted by molar-refractivity contribution is 5.94. The molecule has 0 radical (unpaired) electrons. The standard InChI is InChI=1S/C17H25N3O3.C2HF3O2/c21-17(14-3-9-22-13-14)20-11-15-16(12-20)23-10-8-19(15)7-6-18-4-1-2-5-18;3-2(4,5)1(6)7/h3,9,13,15-16H,1-2,4-8,10-12H2;(H,6,7)/t15-,16+;/m1./s1. The van der Waals surface area contributed by atoms with Crippen molar-refractivity contribution in [2.75, 3.05) is 52.4 Å². The van der Waals surface area contributed by atoms with Gasteiger partial charge in [-0.15, -0.1) is 0 Å². The van der Waals surface area contributed by atoms with Gasteiger partial charge in [0, 0.05) is 32.7 Å². The fraction of sp³-hybridized carbons (Fsp3) is 0.684. The molecule has 4 heterocycles. The molecule has 3 fully saturated rings. The summed E-state index contributed by atoms with van der Waals surface area (Å²) in [5.74, 6) is -2.70. The van der Waals surface area contributed by atoms with E-state index in [1.54, 1.807) is 12.3 Å². The van der Waals surface area contributed by atoms with Gasteiger partial charge in [0.1, 0.15) is 6.26 Å². The molecule has 0 aromatic carbocycles. The van der Waals surface area contributed by atoms with E-state index in [1.807, 2.05) is 4.90 Å². The lowest BCUT2D eigenvalue weighted by atomic mass is 10.1. The minimum absolute atomic E-state index is 0.0521. The zero-order valence-electron chi connectivity index (χ0n) is 16.5. The van der Waals surface area contributed by atoms with Crippen molar-refractivity contribution >= 4 is 11.9 Å². The zero-order valence-corrected chi connectivity index (χ0v) is 16.5. The quantitative estimate of drug-likeness (QED) is 0.771. The molecule has 4 rings (SSSR count). The molecule has 30 heavy (non-hydrogen) atoms. The van der Waals surface area contributed by atoms with Crippen LogP contribution in [0, 0.1) is 0 Å². The van der Waals surface area contributed by atoms with E-state index in [9.17, 15) is 18.0 Å². The highest BCUT2D eigenvalue weighted by Crippen LogP contribution is 2.24. The van der Waals surface area contributed by atoms with Crippen molar-refractivity contribution in [2.24, 2.45) is 0 Å². The number of likely N-dealkylation sites (tertiary alicyclic amines) is 2. The van der Waals surface area contributed by atoms with Crippen LogP contribution in [0.5, 0.6) is 0 Å². The summed E-state index contributed by atoms with van der Waals surface area (Å²) in [4.78, 5) is 28.4. The number of nitrogens with zero attached hydrogens (tertiary/aromatic N) is 3. The third-order valence-corrected chi connectivity index (χ3v) is 5.62. The van der Waals surface area contributed by atoms with Gasteiger partial charge in [-0.1, -0.05) is 0 Å². The molecule has 8 nitrogen and oxygen atoms in total. The average Bonchev–Trinajstić information content (AvgIpc) is 3.47. The number of carbonyl (C=O) groups is 2. The number of alkyl halides is 3. The van der Waals surface area contributed by atoms with Crippen LogP contribution in [0.1, 0.15) is 23.2 Å². The van der Waals surface area contributed by atoms with Crippen LogP contribution in [0.2, 0.25) is 0 Å². The molecule has 1 aromatic heterocycles. The number of aliphatic carboxylic acids is 1. The number of fused-ring (bicyclic) bond motifs is 1. The Labute approximate surface area is 172 Å². The monoisotopic (exact) mass is 433 g/mol. The second-order valence-electron chi connectivity index (χ2n) is 7.59. The molecule has 1 N–H and O–H groups in total. The van der Waals surface area contributed by atoms with Crippen molar-refractivity contribution in [3.05, 3.63) is 24.2 Å². The molecule has 0 bridgehead atoms. The van der Waals surface area contributed by atoms with E-state index in [4.69, 9.17) is 19.1 Å². The average molecular weight is 433 g/mol. The van der Waals surface area contributed by atoms with Crippen LogP contribution in [-0.2, 0) is 9.53 Å². The van der Waals surface area contributed by atoms with Gasteiger partial charge >= 0.3 is 12.1 Å².